The lowest BCUT2D eigenvalue weighted by Gasteiger charge is -2.29. The van der Waals surface area contributed by atoms with Crippen molar-refractivity contribution in [2.45, 2.75) is 13.8 Å². The van der Waals surface area contributed by atoms with Gasteiger partial charge in [0.25, 0.3) is 0 Å². The maximum Gasteiger partial charge on any atom is 0.159 e. The Balaban J connectivity index is 1.02. The molecule has 3 heterocycles. The minimum atomic E-state index is 0.818. The summed E-state index contributed by atoms with van der Waals surface area (Å²) in [5.41, 5.74) is 17.7. The minimum absolute atomic E-state index is 0.818. The van der Waals surface area contributed by atoms with Crippen LogP contribution < -0.4 is 9.80 Å². The molecular formula is C70H46N2O3. The number of aryl methyl sites for hydroxylation is 2. The first-order chi connectivity index (χ1) is 37.1. The number of rotatable bonds is 8. The Bertz CT molecular complexity index is 4450. The molecule has 0 fully saturated rings. The number of benzene rings is 12. The van der Waals surface area contributed by atoms with Crippen molar-refractivity contribution >= 4 is 121 Å². The largest absolute Gasteiger partial charge is 0.455 e. The third kappa shape index (κ3) is 6.58. The number of furan rings is 3. The van der Waals surface area contributed by atoms with E-state index in [0.29, 0.717) is 0 Å². The van der Waals surface area contributed by atoms with E-state index in [1.54, 1.807) is 0 Å². The maximum absolute atomic E-state index is 7.28. The zero-order valence-electron chi connectivity index (χ0n) is 41.2. The molecule has 75 heavy (non-hydrogen) atoms. The number of anilines is 6. The molecule has 0 unspecified atom stereocenters. The number of hydrogen-bond acceptors (Lipinski definition) is 5. The lowest BCUT2D eigenvalue weighted by molar-refractivity contribution is 0.670. The summed E-state index contributed by atoms with van der Waals surface area (Å²) in [6.07, 6.45) is 0. The van der Waals surface area contributed by atoms with Gasteiger partial charge in [0.05, 0.1) is 22.7 Å². The molecule has 0 atom stereocenters. The molecule has 0 spiro atoms. The number of para-hydroxylation sites is 6. The lowest BCUT2D eigenvalue weighted by atomic mass is 9.98. The van der Waals surface area contributed by atoms with Gasteiger partial charge in [-0.2, -0.15) is 0 Å². The summed E-state index contributed by atoms with van der Waals surface area (Å²) in [4.78, 5) is 4.80. The summed E-state index contributed by atoms with van der Waals surface area (Å²) < 4.78 is 21.6. The summed E-state index contributed by atoms with van der Waals surface area (Å²) in [6.45, 7) is 4.37. The van der Waals surface area contributed by atoms with Crippen LogP contribution in [0, 0.1) is 13.8 Å². The molecule has 0 saturated heterocycles. The molecule has 0 aliphatic heterocycles. The van der Waals surface area contributed by atoms with Crippen LogP contribution in [-0.4, -0.2) is 0 Å². The highest BCUT2D eigenvalue weighted by Crippen LogP contribution is 2.52. The van der Waals surface area contributed by atoms with Crippen LogP contribution in [0.3, 0.4) is 0 Å². The third-order valence-electron chi connectivity index (χ3n) is 15.3. The zero-order chi connectivity index (χ0) is 49.7. The Hall–Kier alpha value is -9.84. The predicted octanol–water partition coefficient (Wildman–Crippen LogP) is 20.6. The molecule has 3 aromatic heterocycles. The van der Waals surface area contributed by atoms with Crippen LogP contribution in [0.25, 0.3) is 110 Å². The molecule has 354 valence electrons. The molecule has 0 amide bonds. The van der Waals surface area contributed by atoms with Crippen molar-refractivity contribution in [3.8, 4) is 22.3 Å². The van der Waals surface area contributed by atoms with E-state index < -0.39 is 0 Å². The van der Waals surface area contributed by atoms with Crippen molar-refractivity contribution in [1.82, 2.24) is 0 Å². The minimum Gasteiger partial charge on any atom is -0.455 e. The van der Waals surface area contributed by atoms with Crippen molar-refractivity contribution in [2.24, 2.45) is 0 Å². The Morgan fingerprint density at radius 1 is 0.227 bits per heavy atom. The van der Waals surface area contributed by atoms with Gasteiger partial charge in [-0.3, -0.25) is 0 Å². The van der Waals surface area contributed by atoms with Crippen LogP contribution in [0.5, 0.6) is 0 Å². The topological polar surface area (TPSA) is 45.9 Å². The number of nitrogens with zero attached hydrogens (tertiary/aromatic N) is 2. The molecule has 0 saturated carbocycles. The molecule has 5 heteroatoms. The molecule has 15 rings (SSSR count). The van der Waals surface area contributed by atoms with Crippen LogP contribution in [0.4, 0.5) is 34.1 Å². The fourth-order valence-corrected chi connectivity index (χ4v) is 11.8. The highest BCUT2D eigenvalue weighted by molar-refractivity contribution is 6.26. The van der Waals surface area contributed by atoms with Crippen LogP contribution in [0.15, 0.2) is 256 Å². The monoisotopic (exact) mass is 962 g/mol. The fraction of sp³-hybridized carbons (Fsp3) is 0.0286. The molecular weight excluding hydrogens is 917 g/mol. The highest BCUT2D eigenvalue weighted by atomic mass is 16.3. The first kappa shape index (κ1) is 42.8. The molecule has 0 N–H and O–H groups in total. The molecule has 0 radical (unpaired) electrons. The molecule has 5 nitrogen and oxygen atoms in total. The second kappa shape index (κ2) is 16.9. The van der Waals surface area contributed by atoms with Gasteiger partial charge >= 0.3 is 0 Å². The third-order valence-corrected chi connectivity index (χ3v) is 15.3. The summed E-state index contributed by atoms with van der Waals surface area (Å²) in [7, 11) is 0. The number of hydrogen-bond donors (Lipinski definition) is 0. The van der Waals surface area contributed by atoms with Gasteiger partial charge in [-0.15, -0.1) is 0 Å². The molecule has 0 aliphatic carbocycles. The Kier molecular flexibility index (Phi) is 9.63. The average Bonchev–Trinajstić information content (AvgIpc) is 4.21. The predicted molar refractivity (Wildman–Crippen MR) is 313 cm³/mol. The molecule has 0 bridgehead atoms. The Morgan fingerprint density at radius 3 is 0.960 bits per heavy atom. The Labute approximate surface area is 432 Å². The second-order valence-electron chi connectivity index (χ2n) is 19.6. The van der Waals surface area contributed by atoms with Gasteiger partial charge in [0.15, 0.2) is 11.2 Å². The van der Waals surface area contributed by atoms with Crippen LogP contribution >= 0.6 is 0 Å². The van der Waals surface area contributed by atoms with E-state index in [2.05, 4.69) is 266 Å². The van der Waals surface area contributed by atoms with Crippen LogP contribution in [-0.2, 0) is 0 Å². The standard InChI is InChI=1S/C70H46N2O3/c1-43-21-9-15-37-59(43)71(61-39-19-35-55-53-33-17-31-47(65(53)74-69(55)61)45-23-5-3-6-24-45)63-41-57-58-42-64(50-28-12-14-30-52(50)68(58)73-67(57)51-29-13-11-27-49(51)63)72(60-38-16-10-22-44(60)2)62-40-20-36-56-54-34-18-32-48(66(54)75-70(56)62)46-25-7-4-8-26-46/h3-42H,1-2H3. The van der Waals surface area contributed by atoms with Crippen molar-refractivity contribution in [3.63, 3.8) is 0 Å². The first-order valence-electron chi connectivity index (χ1n) is 25.6. The molecule has 0 aliphatic rings. The van der Waals surface area contributed by atoms with E-state index in [9.17, 15) is 0 Å². The quantitative estimate of drug-likeness (QED) is 0.152. The normalized spacial score (nSPS) is 11.9. The van der Waals surface area contributed by atoms with Crippen LogP contribution in [0.2, 0.25) is 0 Å². The van der Waals surface area contributed by atoms with E-state index in [1.165, 1.54) is 0 Å². The van der Waals surface area contributed by atoms with Gasteiger partial charge < -0.3 is 23.1 Å². The van der Waals surface area contributed by atoms with Crippen molar-refractivity contribution < 1.29 is 13.3 Å². The Morgan fingerprint density at radius 2 is 0.533 bits per heavy atom. The molecule has 15 aromatic rings. The summed E-state index contributed by atoms with van der Waals surface area (Å²) in [5.74, 6) is 0. The van der Waals surface area contributed by atoms with Gasteiger partial charge in [-0.05, 0) is 72.5 Å². The SMILES string of the molecule is Cc1ccccc1N(c1cc2c3cc(N(c4ccccc4C)c4cccc5c4oc4c(-c6ccccc6)cccc45)c4ccccc4c3oc2c2ccccc12)c1cccc2c1oc1c(-c3ccccc3)cccc12. The van der Waals surface area contributed by atoms with Gasteiger partial charge in [0, 0.05) is 76.4 Å². The van der Waals surface area contributed by atoms with Gasteiger partial charge in [0.2, 0.25) is 0 Å². The van der Waals surface area contributed by atoms with Crippen LogP contribution in [0.1, 0.15) is 11.1 Å². The first-order valence-corrected chi connectivity index (χ1v) is 25.6. The van der Waals surface area contributed by atoms with E-state index >= 15 is 0 Å². The van der Waals surface area contributed by atoms with Gasteiger partial charge in [-0.25, -0.2) is 0 Å². The zero-order valence-corrected chi connectivity index (χ0v) is 41.2. The van der Waals surface area contributed by atoms with Crippen molar-refractivity contribution in [1.29, 1.82) is 0 Å². The van der Waals surface area contributed by atoms with E-state index in [0.717, 1.165) is 155 Å². The summed E-state index contributed by atoms with van der Waals surface area (Å²) in [6, 6.07) is 86.3. The van der Waals surface area contributed by atoms with E-state index in [4.69, 9.17) is 13.3 Å². The molecule has 12 aromatic carbocycles. The summed E-state index contributed by atoms with van der Waals surface area (Å²) >= 11 is 0. The maximum atomic E-state index is 7.28. The van der Waals surface area contributed by atoms with Gasteiger partial charge in [0.1, 0.15) is 22.3 Å². The van der Waals surface area contributed by atoms with Crippen molar-refractivity contribution in [3.05, 3.63) is 254 Å². The smallest absolute Gasteiger partial charge is 0.159 e. The van der Waals surface area contributed by atoms with Gasteiger partial charge in [-0.1, -0.05) is 206 Å². The van der Waals surface area contributed by atoms with E-state index in [1.807, 2.05) is 0 Å². The van der Waals surface area contributed by atoms with Crippen molar-refractivity contribution in [2.75, 3.05) is 9.80 Å². The average molecular weight is 963 g/mol. The second-order valence-corrected chi connectivity index (χ2v) is 19.6. The lowest BCUT2D eigenvalue weighted by Crippen LogP contribution is -2.12. The number of fused-ring (bicyclic) bond motifs is 13. The van der Waals surface area contributed by atoms with E-state index in [-0.39, 0.29) is 0 Å². The fourth-order valence-electron chi connectivity index (χ4n) is 11.8. The highest BCUT2D eigenvalue weighted by Gasteiger charge is 2.28. The summed E-state index contributed by atoms with van der Waals surface area (Å²) in [5, 5.41) is 10.4.